The molecular formula is C21H24ClN3O2. The molecule has 2 aromatic rings. The maximum absolute atomic E-state index is 13.5. The zero-order valence-corrected chi connectivity index (χ0v) is 16.5. The van der Waals surface area contributed by atoms with Crippen molar-refractivity contribution in [3.63, 3.8) is 0 Å². The topological polar surface area (TPSA) is 47.4 Å². The lowest BCUT2D eigenvalue weighted by Gasteiger charge is -2.38. The maximum Gasteiger partial charge on any atom is 0.261 e. The zero-order valence-electron chi connectivity index (χ0n) is 15.7. The molecule has 1 amide bonds. The summed E-state index contributed by atoms with van der Waals surface area (Å²) in [7, 11) is 3.45. The van der Waals surface area contributed by atoms with Gasteiger partial charge in [0.25, 0.3) is 5.91 Å². The highest BCUT2D eigenvalue weighted by atomic mass is 35.5. The number of carbonyl (C=O) groups excluding carboxylic acids is 1. The number of amides is 1. The Labute approximate surface area is 164 Å². The van der Waals surface area contributed by atoms with Crippen LogP contribution >= 0.6 is 11.6 Å². The molecule has 1 saturated heterocycles. The van der Waals surface area contributed by atoms with Gasteiger partial charge in [0.05, 0.1) is 24.6 Å². The van der Waals surface area contributed by atoms with Crippen LogP contribution < -0.4 is 4.74 Å². The molecule has 0 bridgehead atoms. The molecule has 0 N–H and O–H groups in total. The van der Waals surface area contributed by atoms with Gasteiger partial charge in [0.2, 0.25) is 0 Å². The van der Waals surface area contributed by atoms with Gasteiger partial charge in [-0.15, -0.1) is 0 Å². The van der Waals surface area contributed by atoms with E-state index in [1.54, 1.807) is 30.1 Å². The SMILES string of the molecule is COc1cc(Cl)ccc1-c1c(C(=O)N2CCCC3CCCC=C32)cnn1C. The summed E-state index contributed by atoms with van der Waals surface area (Å²) in [5, 5.41) is 4.97. The second-order valence-electron chi connectivity index (χ2n) is 7.23. The van der Waals surface area contributed by atoms with E-state index in [-0.39, 0.29) is 5.91 Å². The highest BCUT2D eigenvalue weighted by Crippen LogP contribution is 2.38. The Hall–Kier alpha value is -2.27. The van der Waals surface area contributed by atoms with E-state index in [1.807, 2.05) is 18.0 Å². The van der Waals surface area contributed by atoms with Gasteiger partial charge < -0.3 is 9.64 Å². The second-order valence-corrected chi connectivity index (χ2v) is 7.67. The van der Waals surface area contributed by atoms with Crippen LogP contribution in [0.25, 0.3) is 11.3 Å². The van der Waals surface area contributed by atoms with E-state index in [0.29, 0.717) is 22.3 Å². The van der Waals surface area contributed by atoms with Crippen LogP contribution in [-0.4, -0.2) is 34.2 Å². The number of hydrogen-bond donors (Lipinski definition) is 0. The number of halogens is 1. The summed E-state index contributed by atoms with van der Waals surface area (Å²) in [5.41, 5.74) is 3.38. The van der Waals surface area contributed by atoms with Crippen LogP contribution in [0.1, 0.15) is 42.5 Å². The zero-order chi connectivity index (χ0) is 19.0. The summed E-state index contributed by atoms with van der Waals surface area (Å²) in [6.07, 6.45) is 9.61. The summed E-state index contributed by atoms with van der Waals surface area (Å²) in [5.74, 6) is 1.17. The van der Waals surface area contributed by atoms with Gasteiger partial charge in [-0.25, -0.2) is 0 Å². The highest BCUT2D eigenvalue weighted by molar-refractivity contribution is 6.30. The number of piperidine rings is 1. The first-order chi connectivity index (χ1) is 13.1. The van der Waals surface area contributed by atoms with Crippen LogP contribution in [0.4, 0.5) is 0 Å². The van der Waals surface area contributed by atoms with Crippen molar-refractivity contribution in [1.29, 1.82) is 0 Å². The standard InChI is InChI=1S/C21H24ClN3O2/c1-24-20(16-10-9-15(22)12-19(16)27-2)17(13-23-24)21(26)25-11-5-7-14-6-3-4-8-18(14)25/h8-10,12-14H,3-7,11H2,1-2H3. The number of ether oxygens (including phenoxy) is 1. The van der Waals surface area contributed by atoms with Gasteiger partial charge in [-0.05, 0) is 56.2 Å². The lowest BCUT2D eigenvalue weighted by molar-refractivity contribution is 0.0749. The fourth-order valence-corrected chi connectivity index (χ4v) is 4.48. The summed E-state index contributed by atoms with van der Waals surface area (Å²) >= 11 is 6.11. The lowest BCUT2D eigenvalue weighted by Crippen LogP contribution is -2.39. The van der Waals surface area contributed by atoms with Crippen LogP contribution in [0.15, 0.2) is 36.2 Å². The predicted octanol–water partition coefficient (Wildman–Crippen LogP) is 4.67. The molecule has 1 aliphatic carbocycles. The van der Waals surface area contributed by atoms with Crippen LogP contribution in [0.3, 0.4) is 0 Å². The minimum atomic E-state index is 0.0213. The van der Waals surface area contributed by atoms with Crippen molar-refractivity contribution in [3.05, 3.63) is 46.8 Å². The number of benzene rings is 1. The number of likely N-dealkylation sites (tertiary alicyclic amines) is 1. The first-order valence-corrected chi connectivity index (χ1v) is 9.85. The average molecular weight is 386 g/mol. The van der Waals surface area contributed by atoms with E-state index < -0.39 is 0 Å². The molecule has 0 saturated carbocycles. The lowest BCUT2D eigenvalue weighted by atomic mass is 9.84. The Bertz CT molecular complexity index is 903. The van der Waals surface area contributed by atoms with Crippen LogP contribution in [0.2, 0.25) is 5.02 Å². The van der Waals surface area contributed by atoms with Crippen molar-refractivity contribution < 1.29 is 9.53 Å². The third kappa shape index (κ3) is 3.25. The molecule has 6 heteroatoms. The van der Waals surface area contributed by atoms with Crippen molar-refractivity contribution in [2.24, 2.45) is 13.0 Å². The quantitative estimate of drug-likeness (QED) is 0.771. The van der Waals surface area contributed by atoms with Crippen LogP contribution in [0, 0.1) is 5.92 Å². The normalized spacial score (nSPS) is 19.4. The Kier molecular flexibility index (Phi) is 4.96. The molecule has 27 heavy (non-hydrogen) atoms. The number of aromatic nitrogens is 2. The number of methoxy groups -OCH3 is 1. The number of carbonyl (C=O) groups is 1. The molecule has 1 aromatic carbocycles. The molecular weight excluding hydrogens is 362 g/mol. The third-order valence-corrected chi connectivity index (χ3v) is 5.84. The van der Waals surface area contributed by atoms with E-state index in [4.69, 9.17) is 16.3 Å². The minimum Gasteiger partial charge on any atom is -0.496 e. The fourth-order valence-electron chi connectivity index (χ4n) is 4.31. The van der Waals surface area contributed by atoms with Gasteiger partial charge in [-0.3, -0.25) is 9.48 Å². The fraction of sp³-hybridized carbons (Fsp3) is 0.429. The highest BCUT2D eigenvalue weighted by Gasteiger charge is 2.33. The molecule has 1 fully saturated rings. The van der Waals surface area contributed by atoms with E-state index in [2.05, 4.69) is 11.2 Å². The van der Waals surface area contributed by atoms with Gasteiger partial charge in [-0.2, -0.15) is 5.10 Å². The number of nitrogens with zero attached hydrogens (tertiary/aromatic N) is 3. The molecule has 2 aliphatic rings. The molecule has 1 atom stereocenters. The Morgan fingerprint density at radius 2 is 2.11 bits per heavy atom. The second kappa shape index (κ2) is 7.39. The molecule has 0 spiro atoms. The van der Waals surface area contributed by atoms with E-state index in [0.717, 1.165) is 30.6 Å². The maximum atomic E-state index is 13.5. The van der Waals surface area contributed by atoms with E-state index in [1.165, 1.54) is 25.0 Å². The molecule has 0 radical (unpaired) electrons. The van der Waals surface area contributed by atoms with Gasteiger partial charge in [0, 0.05) is 29.9 Å². The Morgan fingerprint density at radius 3 is 2.93 bits per heavy atom. The van der Waals surface area contributed by atoms with Gasteiger partial charge in [-0.1, -0.05) is 17.7 Å². The minimum absolute atomic E-state index is 0.0213. The molecule has 2 heterocycles. The smallest absolute Gasteiger partial charge is 0.261 e. The number of allylic oxidation sites excluding steroid dienone is 2. The summed E-state index contributed by atoms with van der Waals surface area (Å²) in [6.45, 7) is 0.771. The van der Waals surface area contributed by atoms with Gasteiger partial charge in [0.1, 0.15) is 5.75 Å². The Balaban J connectivity index is 1.76. The first-order valence-electron chi connectivity index (χ1n) is 9.48. The van der Waals surface area contributed by atoms with Crippen molar-refractivity contribution >= 4 is 17.5 Å². The first kappa shape index (κ1) is 18.1. The van der Waals surface area contributed by atoms with Crippen LogP contribution in [0.5, 0.6) is 5.75 Å². The molecule has 142 valence electrons. The van der Waals surface area contributed by atoms with Gasteiger partial charge in [0.15, 0.2) is 0 Å². The third-order valence-electron chi connectivity index (χ3n) is 5.61. The summed E-state index contributed by atoms with van der Waals surface area (Å²) in [6, 6.07) is 5.45. The average Bonchev–Trinajstić information content (AvgIpc) is 3.08. The van der Waals surface area contributed by atoms with E-state index >= 15 is 0 Å². The van der Waals surface area contributed by atoms with Crippen molar-refractivity contribution in [2.45, 2.75) is 32.1 Å². The number of rotatable bonds is 3. The summed E-state index contributed by atoms with van der Waals surface area (Å²) in [4.78, 5) is 15.5. The molecule has 1 unspecified atom stereocenters. The van der Waals surface area contributed by atoms with E-state index in [9.17, 15) is 4.79 Å². The van der Waals surface area contributed by atoms with Crippen molar-refractivity contribution in [3.8, 4) is 17.0 Å². The Morgan fingerprint density at radius 1 is 1.30 bits per heavy atom. The number of hydrogen-bond acceptors (Lipinski definition) is 3. The molecule has 5 nitrogen and oxygen atoms in total. The van der Waals surface area contributed by atoms with Crippen LogP contribution in [-0.2, 0) is 7.05 Å². The molecule has 1 aliphatic heterocycles. The largest absolute Gasteiger partial charge is 0.496 e. The monoisotopic (exact) mass is 385 g/mol. The number of aryl methyl sites for hydroxylation is 1. The summed E-state index contributed by atoms with van der Waals surface area (Å²) < 4.78 is 7.24. The van der Waals surface area contributed by atoms with Crippen molar-refractivity contribution in [1.82, 2.24) is 14.7 Å². The van der Waals surface area contributed by atoms with Gasteiger partial charge >= 0.3 is 0 Å². The predicted molar refractivity (Wildman–Crippen MR) is 106 cm³/mol. The number of fused-ring (bicyclic) bond motifs is 1. The van der Waals surface area contributed by atoms with Crippen molar-refractivity contribution in [2.75, 3.05) is 13.7 Å². The molecule has 1 aromatic heterocycles. The molecule has 4 rings (SSSR count).